The predicted octanol–water partition coefficient (Wildman–Crippen LogP) is 3.51. The number of amides is 1. The summed E-state index contributed by atoms with van der Waals surface area (Å²) >= 11 is 0. The Labute approximate surface area is 148 Å². The van der Waals surface area contributed by atoms with E-state index in [1.807, 2.05) is 0 Å². The lowest BCUT2D eigenvalue weighted by Crippen LogP contribution is -2.30. The number of hydrogen-bond donors (Lipinski definition) is 1. The van der Waals surface area contributed by atoms with E-state index in [1.165, 1.54) is 31.2 Å². The van der Waals surface area contributed by atoms with E-state index in [9.17, 15) is 26.4 Å². The molecular formula is C17H16F3NO4S. The number of ether oxygens (including phenoxy) is 1. The molecule has 140 valence electrons. The monoisotopic (exact) mass is 387 g/mol. The van der Waals surface area contributed by atoms with Crippen LogP contribution in [0.4, 0.5) is 18.9 Å². The number of benzene rings is 2. The van der Waals surface area contributed by atoms with E-state index >= 15 is 0 Å². The molecule has 0 saturated heterocycles. The van der Waals surface area contributed by atoms with Crippen LogP contribution in [0.2, 0.25) is 0 Å². The van der Waals surface area contributed by atoms with E-state index in [0.29, 0.717) is 0 Å². The van der Waals surface area contributed by atoms with E-state index in [0.717, 1.165) is 30.5 Å². The molecule has 5 nitrogen and oxygen atoms in total. The molecule has 0 aliphatic carbocycles. The highest BCUT2D eigenvalue weighted by molar-refractivity contribution is 7.90. The number of carbonyl (C=O) groups is 1. The van der Waals surface area contributed by atoms with Gasteiger partial charge in [-0.15, -0.1) is 0 Å². The van der Waals surface area contributed by atoms with Gasteiger partial charge in [0.1, 0.15) is 5.75 Å². The number of sulfone groups is 1. The van der Waals surface area contributed by atoms with E-state index < -0.39 is 33.6 Å². The number of nitrogens with one attached hydrogen (secondary N) is 1. The first-order chi connectivity index (χ1) is 12.0. The summed E-state index contributed by atoms with van der Waals surface area (Å²) in [5.41, 5.74) is -0.614. The molecule has 9 heteroatoms. The van der Waals surface area contributed by atoms with Crippen LogP contribution in [-0.4, -0.2) is 26.7 Å². The second-order valence-corrected chi connectivity index (χ2v) is 7.58. The molecule has 0 aromatic heterocycles. The Balaban J connectivity index is 1.99. The third-order valence-electron chi connectivity index (χ3n) is 3.41. The second-order valence-electron chi connectivity index (χ2n) is 5.57. The first-order valence-corrected chi connectivity index (χ1v) is 9.31. The average molecular weight is 387 g/mol. The van der Waals surface area contributed by atoms with E-state index in [4.69, 9.17) is 4.74 Å². The molecule has 1 amide bonds. The van der Waals surface area contributed by atoms with Gasteiger partial charge in [0.05, 0.1) is 10.5 Å². The van der Waals surface area contributed by atoms with Crippen LogP contribution in [0.1, 0.15) is 12.5 Å². The molecule has 0 spiro atoms. The molecular weight excluding hydrogens is 371 g/mol. The minimum atomic E-state index is -4.45. The summed E-state index contributed by atoms with van der Waals surface area (Å²) in [5, 5.41) is 2.45. The molecule has 0 heterocycles. The number of carbonyl (C=O) groups excluding carboxylic acids is 1. The summed E-state index contributed by atoms with van der Waals surface area (Å²) in [6, 6.07) is 9.56. The smallest absolute Gasteiger partial charge is 0.416 e. The van der Waals surface area contributed by atoms with Crippen molar-refractivity contribution in [2.24, 2.45) is 0 Å². The number of alkyl halides is 3. The lowest BCUT2D eigenvalue weighted by Gasteiger charge is -2.15. The first-order valence-electron chi connectivity index (χ1n) is 7.42. The predicted molar refractivity (Wildman–Crippen MR) is 89.7 cm³/mol. The van der Waals surface area contributed by atoms with Crippen LogP contribution in [0.15, 0.2) is 53.4 Å². The van der Waals surface area contributed by atoms with Crippen molar-refractivity contribution in [2.75, 3.05) is 11.6 Å². The van der Waals surface area contributed by atoms with Crippen molar-refractivity contribution >= 4 is 21.4 Å². The van der Waals surface area contributed by atoms with Crippen LogP contribution in [0.25, 0.3) is 0 Å². The lowest BCUT2D eigenvalue weighted by molar-refractivity contribution is -0.137. The van der Waals surface area contributed by atoms with Crippen molar-refractivity contribution in [3.63, 3.8) is 0 Å². The summed E-state index contributed by atoms with van der Waals surface area (Å²) in [7, 11) is -3.33. The topological polar surface area (TPSA) is 72.5 Å². The van der Waals surface area contributed by atoms with E-state index in [-0.39, 0.29) is 16.3 Å². The number of hydrogen-bond acceptors (Lipinski definition) is 4. The Hall–Kier alpha value is -2.55. The van der Waals surface area contributed by atoms with Gasteiger partial charge in [0.25, 0.3) is 5.91 Å². The standard InChI is InChI=1S/C17H16F3NO4S/c1-11(25-14-7-9-15(10-8-14)26(2,23)24)16(22)21-13-5-3-12(4-6-13)17(18,19)20/h3-11H,1-2H3,(H,21,22). The van der Waals surface area contributed by atoms with Crippen LogP contribution < -0.4 is 10.1 Å². The third-order valence-corrected chi connectivity index (χ3v) is 4.54. The van der Waals surface area contributed by atoms with Gasteiger partial charge in [-0.2, -0.15) is 13.2 Å². The first kappa shape index (κ1) is 19.8. The molecule has 2 rings (SSSR count). The normalized spacial score (nSPS) is 13.1. The van der Waals surface area contributed by atoms with Crippen LogP contribution in [0, 0.1) is 0 Å². The molecule has 1 unspecified atom stereocenters. The molecule has 1 atom stereocenters. The second kappa shape index (κ2) is 7.36. The van der Waals surface area contributed by atoms with Crippen LogP contribution in [0.5, 0.6) is 5.75 Å². The lowest BCUT2D eigenvalue weighted by atomic mass is 10.2. The van der Waals surface area contributed by atoms with Gasteiger partial charge in [-0.05, 0) is 55.5 Å². The van der Waals surface area contributed by atoms with Gasteiger partial charge in [0.15, 0.2) is 15.9 Å². The Morgan fingerprint density at radius 2 is 1.58 bits per heavy atom. The molecule has 0 aliphatic rings. The summed E-state index contributed by atoms with van der Waals surface area (Å²) in [5.74, 6) is -0.274. The molecule has 0 radical (unpaired) electrons. The molecule has 1 N–H and O–H groups in total. The van der Waals surface area contributed by atoms with E-state index in [1.54, 1.807) is 0 Å². The van der Waals surface area contributed by atoms with Gasteiger partial charge in [-0.25, -0.2) is 8.42 Å². The van der Waals surface area contributed by atoms with Gasteiger partial charge in [-0.1, -0.05) is 0 Å². The molecule has 26 heavy (non-hydrogen) atoms. The van der Waals surface area contributed by atoms with Crippen molar-refractivity contribution in [3.05, 3.63) is 54.1 Å². The average Bonchev–Trinajstić information content (AvgIpc) is 2.54. The van der Waals surface area contributed by atoms with Crippen molar-refractivity contribution in [3.8, 4) is 5.75 Å². The molecule has 2 aromatic rings. The van der Waals surface area contributed by atoms with Crippen LogP contribution in [-0.2, 0) is 20.8 Å². The molecule has 0 saturated carbocycles. The van der Waals surface area contributed by atoms with Gasteiger partial charge in [0, 0.05) is 11.9 Å². The van der Waals surface area contributed by atoms with Crippen LogP contribution in [0.3, 0.4) is 0 Å². The van der Waals surface area contributed by atoms with Crippen molar-refractivity contribution in [2.45, 2.75) is 24.1 Å². The van der Waals surface area contributed by atoms with Gasteiger partial charge in [0.2, 0.25) is 0 Å². The summed E-state index contributed by atoms with van der Waals surface area (Å²) in [6.45, 7) is 1.46. The Morgan fingerprint density at radius 3 is 2.04 bits per heavy atom. The molecule has 0 bridgehead atoms. The minimum Gasteiger partial charge on any atom is -0.481 e. The summed E-state index contributed by atoms with van der Waals surface area (Å²) in [4.78, 5) is 12.2. The van der Waals surface area contributed by atoms with Crippen molar-refractivity contribution in [1.82, 2.24) is 0 Å². The highest BCUT2D eigenvalue weighted by atomic mass is 32.2. The Bertz CT molecular complexity index is 876. The zero-order chi connectivity index (χ0) is 19.5. The quantitative estimate of drug-likeness (QED) is 0.852. The maximum Gasteiger partial charge on any atom is 0.416 e. The molecule has 0 fully saturated rings. The fraction of sp³-hybridized carbons (Fsp3) is 0.235. The van der Waals surface area contributed by atoms with E-state index in [2.05, 4.69) is 5.32 Å². The number of halogens is 3. The zero-order valence-corrected chi connectivity index (χ0v) is 14.7. The SMILES string of the molecule is CC(Oc1ccc(S(C)(=O)=O)cc1)C(=O)Nc1ccc(C(F)(F)F)cc1. The fourth-order valence-corrected chi connectivity index (χ4v) is 2.64. The summed E-state index contributed by atoms with van der Waals surface area (Å²) < 4.78 is 65.7. The Morgan fingerprint density at radius 1 is 1.04 bits per heavy atom. The van der Waals surface area contributed by atoms with Crippen molar-refractivity contribution in [1.29, 1.82) is 0 Å². The third kappa shape index (κ3) is 5.22. The highest BCUT2D eigenvalue weighted by Gasteiger charge is 2.30. The largest absolute Gasteiger partial charge is 0.481 e. The molecule has 2 aromatic carbocycles. The van der Waals surface area contributed by atoms with Gasteiger partial charge in [-0.3, -0.25) is 4.79 Å². The Kier molecular flexibility index (Phi) is 5.60. The fourth-order valence-electron chi connectivity index (χ4n) is 2.01. The zero-order valence-electron chi connectivity index (χ0n) is 13.9. The number of rotatable bonds is 5. The van der Waals surface area contributed by atoms with Crippen molar-refractivity contribution < 1.29 is 31.1 Å². The maximum atomic E-state index is 12.5. The number of anilines is 1. The maximum absolute atomic E-state index is 12.5. The highest BCUT2D eigenvalue weighted by Crippen LogP contribution is 2.29. The van der Waals surface area contributed by atoms with Crippen LogP contribution >= 0.6 is 0 Å². The summed E-state index contributed by atoms with van der Waals surface area (Å²) in [6.07, 6.45) is -4.32. The van der Waals surface area contributed by atoms with Gasteiger partial charge >= 0.3 is 6.18 Å². The minimum absolute atomic E-state index is 0.117. The van der Waals surface area contributed by atoms with Gasteiger partial charge < -0.3 is 10.1 Å². The molecule has 0 aliphatic heterocycles.